The molecule has 6 N–H and O–H groups in total. The molecule has 4 heteroatoms. The minimum absolute atomic E-state index is 0.226. The summed E-state index contributed by atoms with van der Waals surface area (Å²) in [4.78, 5) is 3.19. The summed E-state index contributed by atoms with van der Waals surface area (Å²) in [6.45, 7) is 7.36. The van der Waals surface area contributed by atoms with Crippen LogP contribution in [0.3, 0.4) is 0 Å². The van der Waals surface area contributed by atoms with Crippen LogP contribution >= 0.6 is 0 Å². The second kappa shape index (κ2) is 6.85. The molecule has 0 aromatic heterocycles. The summed E-state index contributed by atoms with van der Waals surface area (Å²) in [7, 11) is 0. The largest absolute Gasteiger partial charge is 0.382 e. The number of piperazine rings is 1. The van der Waals surface area contributed by atoms with Gasteiger partial charge >= 0.3 is 0 Å². The zero-order valence-corrected chi connectivity index (χ0v) is 11.1. The number of hydrogen-bond donors (Lipinski definition) is 4. The maximum absolute atomic E-state index is 9.62. The van der Waals surface area contributed by atoms with Gasteiger partial charge in [0.1, 0.15) is 45.8 Å². The summed E-state index contributed by atoms with van der Waals surface area (Å²) in [6.07, 6.45) is -0.226. The van der Waals surface area contributed by atoms with Gasteiger partial charge in [0, 0.05) is 5.56 Å². The Labute approximate surface area is 109 Å². The fraction of sp³-hybridized carbons (Fsp3) is 0.571. The third-order valence-corrected chi connectivity index (χ3v) is 3.82. The third-order valence-electron chi connectivity index (χ3n) is 3.82. The maximum atomic E-state index is 9.62. The van der Waals surface area contributed by atoms with E-state index >= 15 is 0 Å². The second-order valence-corrected chi connectivity index (χ2v) is 5.31. The van der Waals surface area contributed by atoms with Crippen LogP contribution < -0.4 is 15.5 Å². The summed E-state index contributed by atoms with van der Waals surface area (Å²) in [6, 6.07) is 10.7. The predicted octanol–water partition coefficient (Wildman–Crippen LogP) is -3.43. The van der Waals surface area contributed by atoms with Crippen molar-refractivity contribution in [3.63, 3.8) is 0 Å². The SMILES string of the molecule is [NH3+]C[C@@H](O)C[NH+]1CC[NH+](Cc2ccccc2)CC1. The Morgan fingerprint density at radius 2 is 1.67 bits per heavy atom. The molecule has 1 atom stereocenters. The first-order chi connectivity index (χ1) is 8.78. The van der Waals surface area contributed by atoms with Crippen LogP contribution in [0, 0.1) is 0 Å². The van der Waals surface area contributed by atoms with Gasteiger partial charge in [-0.2, -0.15) is 0 Å². The minimum Gasteiger partial charge on any atom is -0.382 e. The quantitative estimate of drug-likeness (QED) is 0.433. The number of quaternary nitrogens is 3. The van der Waals surface area contributed by atoms with Crippen molar-refractivity contribution in [3.05, 3.63) is 35.9 Å². The molecular weight excluding hydrogens is 226 g/mol. The maximum Gasteiger partial charge on any atom is 0.151 e. The molecule has 0 unspecified atom stereocenters. The molecule has 0 amide bonds. The first kappa shape index (κ1) is 13.5. The number of hydrogen-bond acceptors (Lipinski definition) is 1. The monoisotopic (exact) mass is 252 g/mol. The molecule has 4 nitrogen and oxygen atoms in total. The molecule has 1 aromatic carbocycles. The smallest absolute Gasteiger partial charge is 0.151 e. The van der Waals surface area contributed by atoms with Gasteiger partial charge in [-0.05, 0) is 0 Å². The molecule has 0 bridgehead atoms. The normalized spacial score (nSPS) is 25.9. The highest BCUT2D eigenvalue weighted by atomic mass is 16.3. The number of rotatable bonds is 5. The highest BCUT2D eigenvalue weighted by Crippen LogP contribution is 1.95. The molecule has 0 saturated carbocycles. The Kier molecular flexibility index (Phi) is 5.13. The van der Waals surface area contributed by atoms with E-state index in [9.17, 15) is 5.11 Å². The lowest BCUT2D eigenvalue weighted by Crippen LogP contribution is -3.28. The average Bonchev–Trinajstić information content (AvgIpc) is 2.42. The molecule has 1 fully saturated rings. The van der Waals surface area contributed by atoms with Crippen molar-refractivity contribution in [2.75, 3.05) is 39.3 Å². The van der Waals surface area contributed by atoms with Crippen LogP contribution in [0.5, 0.6) is 0 Å². The summed E-state index contributed by atoms with van der Waals surface area (Å²) < 4.78 is 0. The molecule has 18 heavy (non-hydrogen) atoms. The summed E-state index contributed by atoms with van der Waals surface area (Å²) in [5.74, 6) is 0. The molecule has 2 rings (SSSR count). The third kappa shape index (κ3) is 4.07. The fourth-order valence-electron chi connectivity index (χ4n) is 2.66. The summed E-state index contributed by atoms with van der Waals surface area (Å²) in [5.41, 5.74) is 5.18. The van der Waals surface area contributed by atoms with Crippen molar-refractivity contribution in [1.82, 2.24) is 0 Å². The molecule has 1 aliphatic heterocycles. The first-order valence-electron chi connectivity index (χ1n) is 6.96. The Bertz CT molecular complexity index is 336. The topological polar surface area (TPSA) is 56.8 Å². The number of nitrogens with one attached hydrogen (secondary N) is 2. The van der Waals surface area contributed by atoms with Crippen molar-refractivity contribution in [2.45, 2.75) is 12.6 Å². The van der Waals surface area contributed by atoms with Gasteiger partial charge in [0.15, 0.2) is 6.10 Å². The van der Waals surface area contributed by atoms with Crippen LogP contribution in [0.25, 0.3) is 0 Å². The van der Waals surface area contributed by atoms with Crippen molar-refractivity contribution in [1.29, 1.82) is 0 Å². The van der Waals surface area contributed by atoms with Crippen molar-refractivity contribution in [2.24, 2.45) is 0 Å². The summed E-state index contributed by atoms with van der Waals surface area (Å²) >= 11 is 0. The minimum atomic E-state index is -0.226. The zero-order valence-electron chi connectivity index (χ0n) is 11.1. The van der Waals surface area contributed by atoms with Gasteiger partial charge < -0.3 is 20.6 Å². The Hall–Kier alpha value is -0.940. The molecular formula is C14H26N3O+3. The van der Waals surface area contributed by atoms with Crippen LogP contribution in [0.4, 0.5) is 0 Å². The van der Waals surface area contributed by atoms with Gasteiger partial charge in [0.2, 0.25) is 0 Å². The van der Waals surface area contributed by atoms with E-state index in [-0.39, 0.29) is 6.10 Å². The van der Waals surface area contributed by atoms with Gasteiger partial charge in [-0.1, -0.05) is 30.3 Å². The Balaban J connectivity index is 1.73. The van der Waals surface area contributed by atoms with E-state index in [1.165, 1.54) is 36.6 Å². The second-order valence-electron chi connectivity index (χ2n) is 5.31. The molecule has 0 aliphatic carbocycles. The van der Waals surface area contributed by atoms with Crippen LogP contribution in [0.1, 0.15) is 5.56 Å². The van der Waals surface area contributed by atoms with Gasteiger partial charge in [-0.3, -0.25) is 0 Å². The van der Waals surface area contributed by atoms with E-state index in [1.54, 1.807) is 4.90 Å². The Morgan fingerprint density at radius 1 is 1.06 bits per heavy atom. The number of aliphatic hydroxyl groups is 1. The molecule has 1 saturated heterocycles. The molecule has 0 radical (unpaired) electrons. The zero-order chi connectivity index (χ0) is 12.8. The highest BCUT2D eigenvalue weighted by molar-refractivity contribution is 5.13. The molecule has 1 aliphatic rings. The van der Waals surface area contributed by atoms with Gasteiger partial charge in [-0.25, -0.2) is 0 Å². The van der Waals surface area contributed by atoms with Crippen molar-refractivity contribution >= 4 is 0 Å². The standard InChI is InChI=1S/C14H23N3O/c15-10-14(18)12-17-8-6-16(7-9-17)11-13-4-2-1-3-5-13/h1-5,14,18H,6-12,15H2/p+3/t14-/m1/s1. The van der Waals surface area contributed by atoms with E-state index in [2.05, 4.69) is 36.1 Å². The summed E-state index contributed by atoms with van der Waals surface area (Å²) in [5, 5.41) is 9.62. The predicted molar refractivity (Wildman–Crippen MR) is 70.2 cm³/mol. The van der Waals surface area contributed by atoms with Gasteiger partial charge in [0.05, 0.1) is 0 Å². The lowest BCUT2D eigenvalue weighted by atomic mass is 10.2. The molecule has 1 aromatic rings. The fourth-order valence-corrected chi connectivity index (χ4v) is 2.66. The van der Waals surface area contributed by atoms with Crippen LogP contribution in [-0.2, 0) is 6.54 Å². The lowest BCUT2D eigenvalue weighted by molar-refractivity contribution is -1.02. The molecule has 0 spiro atoms. The Morgan fingerprint density at radius 3 is 2.28 bits per heavy atom. The van der Waals surface area contributed by atoms with Gasteiger partial charge in [0.25, 0.3) is 0 Å². The van der Waals surface area contributed by atoms with E-state index in [4.69, 9.17) is 0 Å². The van der Waals surface area contributed by atoms with E-state index < -0.39 is 0 Å². The first-order valence-corrected chi connectivity index (χ1v) is 6.96. The lowest BCUT2D eigenvalue weighted by Gasteiger charge is -2.30. The number of aliphatic hydroxyl groups excluding tert-OH is 1. The van der Waals surface area contributed by atoms with E-state index in [0.29, 0.717) is 6.54 Å². The average molecular weight is 252 g/mol. The van der Waals surface area contributed by atoms with Crippen molar-refractivity contribution < 1.29 is 20.6 Å². The molecule has 1 heterocycles. The highest BCUT2D eigenvalue weighted by Gasteiger charge is 2.24. The van der Waals surface area contributed by atoms with Crippen molar-refractivity contribution in [3.8, 4) is 0 Å². The van der Waals surface area contributed by atoms with Crippen LogP contribution in [0.15, 0.2) is 30.3 Å². The molecule has 100 valence electrons. The van der Waals surface area contributed by atoms with Gasteiger partial charge in [-0.15, -0.1) is 0 Å². The van der Waals surface area contributed by atoms with E-state index in [1.807, 2.05) is 0 Å². The number of benzene rings is 1. The van der Waals surface area contributed by atoms with E-state index in [0.717, 1.165) is 13.1 Å². The van der Waals surface area contributed by atoms with Crippen LogP contribution in [0.2, 0.25) is 0 Å². The van der Waals surface area contributed by atoms with Crippen LogP contribution in [-0.4, -0.2) is 50.5 Å².